The molecule has 0 amide bonds. The van der Waals surface area contributed by atoms with Gasteiger partial charge >= 0.3 is 0 Å². The number of unbranched alkanes of at least 4 members (excludes halogenated alkanes) is 1. The highest BCUT2D eigenvalue weighted by atomic mass is 32.2. The molecule has 0 rings (SSSR count). The quantitative estimate of drug-likeness (QED) is 0.531. The SMILES string of the molecule is CCCCC(CC)COCC(O)CSCCO. The highest BCUT2D eigenvalue weighted by molar-refractivity contribution is 7.99. The van der Waals surface area contributed by atoms with E-state index in [4.69, 9.17) is 9.84 Å². The summed E-state index contributed by atoms with van der Waals surface area (Å²) in [5.74, 6) is 1.96. The second kappa shape index (κ2) is 12.7. The van der Waals surface area contributed by atoms with Crippen molar-refractivity contribution >= 4 is 11.8 Å². The number of aliphatic hydroxyl groups excluding tert-OH is 2. The van der Waals surface area contributed by atoms with E-state index in [0.717, 1.165) is 13.0 Å². The van der Waals surface area contributed by atoms with E-state index in [-0.39, 0.29) is 6.61 Å². The normalized spacial score (nSPS) is 14.8. The van der Waals surface area contributed by atoms with Crippen LogP contribution < -0.4 is 0 Å². The van der Waals surface area contributed by atoms with E-state index in [9.17, 15) is 5.11 Å². The Morgan fingerprint density at radius 3 is 2.59 bits per heavy atom. The molecule has 0 saturated carbocycles. The van der Waals surface area contributed by atoms with Crippen molar-refractivity contribution in [3.8, 4) is 0 Å². The summed E-state index contributed by atoms with van der Waals surface area (Å²) in [6, 6.07) is 0. The molecule has 0 spiro atoms. The average Bonchev–Trinajstić information content (AvgIpc) is 2.34. The maximum atomic E-state index is 9.61. The molecule has 0 bridgehead atoms. The monoisotopic (exact) mass is 264 g/mol. The van der Waals surface area contributed by atoms with Gasteiger partial charge in [0.15, 0.2) is 0 Å². The molecule has 17 heavy (non-hydrogen) atoms. The van der Waals surface area contributed by atoms with E-state index in [1.54, 1.807) is 11.8 Å². The zero-order valence-corrected chi connectivity index (χ0v) is 12.0. The van der Waals surface area contributed by atoms with Crippen molar-refractivity contribution in [1.82, 2.24) is 0 Å². The molecule has 0 fully saturated rings. The fourth-order valence-electron chi connectivity index (χ4n) is 1.60. The molecule has 0 aromatic carbocycles. The predicted octanol–water partition coefficient (Wildman–Crippen LogP) is 2.31. The number of hydrogen-bond donors (Lipinski definition) is 2. The van der Waals surface area contributed by atoms with Gasteiger partial charge in [-0.2, -0.15) is 11.8 Å². The first kappa shape index (κ1) is 17.2. The largest absolute Gasteiger partial charge is 0.396 e. The number of rotatable bonds is 12. The van der Waals surface area contributed by atoms with E-state index < -0.39 is 6.10 Å². The van der Waals surface area contributed by atoms with Gasteiger partial charge in [-0.25, -0.2) is 0 Å². The predicted molar refractivity (Wildman–Crippen MR) is 74.5 cm³/mol. The Labute approximate surface area is 110 Å². The molecular formula is C13H28O3S. The third-order valence-electron chi connectivity index (χ3n) is 2.75. The van der Waals surface area contributed by atoms with Crippen molar-refractivity contribution in [1.29, 1.82) is 0 Å². The standard InChI is InChI=1S/C13H28O3S/c1-3-5-6-12(4-2)9-16-10-13(15)11-17-8-7-14/h12-15H,3-11H2,1-2H3. The van der Waals surface area contributed by atoms with Crippen LogP contribution in [0.15, 0.2) is 0 Å². The van der Waals surface area contributed by atoms with Crippen LogP contribution in [0.5, 0.6) is 0 Å². The van der Waals surface area contributed by atoms with Gasteiger partial charge in [0.1, 0.15) is 0 Å². The summed E-state index contributed by atoms with van der Waals surface area (Å²) in [5, 5.41) is 18.2. The molecule has 104 valence electrons. The van der Waals surface area contributed by atoms with Crippen molar-refractivity contribution in [3.63, 3.8) is 0 Å². The van der Waals surface area contributed by atoms with Crippen molar-refractivity contribution in [2.45, 2.75) is 45.6 Å². The lowest BCUT2D eigenvalue weighted by Crippen LogP contribution is -2.21. The van der Waals surface area contributed by atoms with Crippen molar-refractivity contribution < 1.29 is 14.9 Å². The van der Waals surface area contributed by atoms with Crippen LogP contribution in [0.4, 0.5) is 0 Å². The summed E-state index contributed by atoms with van der Waals surface area (Å²) in [7, 11) is 0. The maximum Gasteiger partial charge on any atom is 0.0863 e. The molecule has 0 aromatic rings. The third kappa shape index (κ3) is 11.1. The van der Waals surface area contributed by atoms with Crippen molar-refractivity contribution in [2.24, 2.45) is 5.92 Å². The molecule has 2 atom stereocenters. The number of thioether (sulfide) groups is 1. The van der Waals surface area contributed by atoms with Crippen LogP contribution in [-0.4, -0.2) is 47.6 Å². The molecule has 2 N–H and O–H groups in total. The lowest BCUT2D eigenvalue weighted by molar-refractivity contribution is 0.0288. The minimum absolute atomic E-state index is 0.174. The Kier molecular flexibility index (Phi) is 12.9. The van der Waals surface area contributed by atoms with Gasteiger partial charge in [-0.1, -0.05) is 33.1 Å². The molecule has 2 unspecified atom stereocenters. The van der Waals surface area contributed by atoms with Gasteiger partial charge in [0.2, 0.25) is 0 Å². The highest BCUT2D eigenvalue weighted by Crippen LogP contribution is 2.13. The number of aliphatic hydroxyl groups is 2. The van der Waals surface area contributed by atoms with Crippen molar-refractivity contribution in [3.05, 3.63) is 0 Å². The third-order valence-corrected chi connectivity index (χ3v) is 3.84. The number of ether oxygens (including phenoxy) is 1. The molecule has 4 heteroatoms. The molecule has 3 nitrogen and oxygen atoms in total. The summed E-state index contributed by atoms with van der Waals surface area (Å²) >= 11 is 1.56. The minimum atomic E-state index is -0.407. The lowest BCUT2D eigenvalue weighted by Gasteiger charge is -2.16. The van der Waals surface area contributed by atoms with Crippen LogP contribution in [0.25, 0.3) is 0 Å². The van der Waals surface area contributed by atoms with Gasteiger partial charge in [-0.05, 0) is 12.3 Å². The summed E-state index contributed by atoms with van der Waals surface area (Å²) in [6.45, 7) is 5.75. The average molecular weight is 264 g/mol. The van der Waals surface area contributed by atoms with Crippen LogP contribution in [0.2, 0.25) is 0 Å². The topological polar surface area (TPSA) is 49.7 Å². The first-order chi connectivity index (χ1) is 8.24. The summed E-state index contributed by atoms with van der Waals surface area (Å²) in [5.41, 5.74) is 0. The molecule has 0 aliphatic rings. The van der Waals surface area contributed by atoms with Gasteiger partial charge < -0.3 is 14.9 Å². The molecular weight excluding hydrogens is 236 g/mol. The van der Waals surface area contributed by atoms with Crippen LogP contribution in [0, 0.1) is 5.92 Å². The second-order valence-corrected chi connectivity index (χ2v) is 5.56. The van der Waals surface area contributed by atoms with Crippen LogP contribution in [0.3, 0.4) is 0 Å². The van der Waals surface area contributed by atoms with Gasteiger partial charge in [-0.15, -0.1) is 0 Å². The zero-order valence-electron chi connectivity index (χ0n) is 11.2. The Balaban J connectivity index is 3.45. The van der Waals surface area contributed by atoms with E-state index in [2.05, 4.69) is 13.8 Å². The lowest BCUT2D eigenvalue weighted by atomic mass is 10.0. The first-order valence-corrected chi connectivity index (χ1v) is 7.84. The maximum absolute atomic E-state index is 9.61. The summed E-state index contributed by atoms with van der Waals surface area (Å²) in [4.78, 5) is 0. The molecule has 0 saturated heterocycles. The Bertz CT molecular complexity index is 156. The Morgan fingerprint density at radius 2 is 2.00 bits per heavy atom. The molecule has 0 radical (unpaired) electrons. The second-order valence-electron chi connectivity index (χ2n) is 4.41. The number of hydrogen-bond acceptors (Lipinski definition) is 4. The fraction of sp³-hybridized carbons (Fsp3) is 1.00. The first-order valence-electron chi connectivity index (χ1n) is 6.68. The summed E-state index contributed by atoms with van der Waals surface area (Å²) in [6.07, 6.45) is 4.46. The van der Waals surface area contributed by atoms with Gasteiger partial charge in [0, 0.05) is 18.1 Å². The Hall–Kier alpha value is 0.230. The minimum Gasteiger partial charge on any atom is -0.396 e. The van der Waals surface area contributed by atoms with Crippen molar-refractivity contribution in [2.75, 3.05) is 31.3 Å². The van der Waals surface area contributed by atoms with E-state index >= 15 is 0 Å². The fourth-order valence-corrected chi connectivity index (χ4v) is 2.26. The van der Waals surface area contributed by atoms with Crippen LogP contribution >= 0.6 is 11.8 Å². The molecule has 0 aromatic heterocycles. The highest BCUT2D eigenvalue weighted by Gasteiger charge is 2.08. The zero-order chi connectivity index (χ0) is 12.9. The van der Waals surface area contributed by atoms with Gasteiger partial charge in [0.25, 0.3) is 0 Å². The van der Waals surface area contributed by atoms with Gasteiger partial charge in [-0.3, -0.25) is 0 Å². The van der Waals surface area contributed by atoms with Crippen LogP contribution in [-0.2, 0) is 4.74 Å². The van der Waals surface area contributed by atoms with E-state index in [1.807, 2.05) is 0 Å². The smallest absolute Gasteiger partial charge is 0.0863 e. The molecule has 0 aliphatic carbocycles. The van der Waals surface area contributed by atoms with E-state index in [1.165, 1.54) is 19.3 Å². The van der Waals surface area contributed by atoms with E-state index in [0.29, 0.717) is 24.0 Å². The molecule has 0 heterocycles. The van der Waals surface area contributed by atoms with Crippen LogP contribution in [0.1, 0.15) is 39.5 Å². The summed E-state index contributed by atoms with van der Waals surface area (Å²) < 4.78 is 5.55. The Morgan fingerprint density at radius 1 is 1.24 bits per heavy atom. The van der Waals surface area contributed by atoms with Gasteiger partial charge in [0.05, 0.1) is 19.3 Å². The molecule has 0 aliphatic heterocycles.